The van der Waals surface area contributed by atoms with Crippen LogP contribution in [0.1, 0.15) is 49.8 Å². The molecule has 0 radical (unpaired) electrons. The number of carbonyl (C=O) groups excluding carboxylic acids is 2. The lowest BCUT2D eigenvalue weighted by Crippen LogP contribution is -2.51. The Morgan fingerprint density at radius 1 is 1.08 bits per heavy atom. The summed E-state index contributed by atoms with van der Waals surface area (Å²) in [6.07, 6.45) is 4.85. The van der Waals surface area contributed by atoms with Crippen molar-refractivity contribution in [3.8, 4) is 0 Å². The van der Waals surface area contributed by atoms with E-state index < -0.39 is 0 Å². The van der Waals surface area contributed by atoms with E-state index >= 15 is 0 Å². The van der Waals surface area contributed by atoms with Gasteiger partial charge >= 0.3 is 6.09 Å². The highest BCUT2D eigenvalue weighted by atomic mass is 16.6. The second-order valence-corrected chi connectivity index (χ2v) is 10.8. The Hall–Kier alpha value is -3.46. The summed E-state index contributed by atoms with van der Waals surface area (Å²) in [6, 6.07) is 12.4. The molecular weight excluding hydrogens is 480 g/mol. The van der Waals surface area contributed by atoms with E-state index in [9.17, 15) is 9.59 Å². The number of rotatable bonds is 7. The van der Waals surface area contributed by atoms with Crippen molar-refractivity contribution in [2.45, 2.75) is 52.2 Å². The fraction of sp³-hybridized carbons (Fsp3) is 0.517. The van der Waals surface area contributed by atoms with Gasteiger partial charge in [0.25, 0.3) is 0 Å². The number of ether oxygens (including phenoxy) is 1. The molecule has 1 fully saturated rings. The average molecular weight is 519 g/mol. The highest BCUT2D eigenvalue weighted by Crippen LogP contribution is 2.33. The third kappa shape index (κ3) is 5.67. The highest BCUT2D eigenvalue weighted by molar-refractivity contribution is 5.81. The first-order chi connectivity index (χ1) is 18.4. The Kier molecular flexibility index (Phi) is 7.93. The van der Waals surface area contributed by atoms with E-state index in [2.05, 4.69) is 22.6 Å². The second-order valence-electron chi connectivity index (χ2n) is 10.8. The van der Waals surface area contributed by atoms with Gasteiger partial charge in [0.15, 0.2) is 0 Å². The maximum atomic E-state index is 13.4. The van der Waals surface area contributed by atoms with Crippen LogP contribution in [-0.2, 0) is 29.0 Å². The summed E-state index contributed by atoms with van der Waals surface area (Å²) in [7, 11) is 2.12. The first kappa shape index (κ1) is 26.2. The van der Waals surface area contributed by atoms with E-state index in [0.29, 0.717) is 45.2 Å². The molecule has 1 unspecified atom stereocenters. The van der Waals surface area contributed by atoms with Crippen LogP contribution in [0, 0.1) is 5.92 Å². The third-order valence-electron chi connectivity index (χ3n) is 7.55. The van der Waals surface area contributed by atoms with Crippen LogP contribution >= 0.6 is 0 Å². The van der Waals surface area contributed by atoms with Crippen LogP contribution in [-0.4, -0.2) is 81.1 Å². The molecule has 9 nitrogen and oxygen atoms in total. The van der Waals surface area contributed by atoms with Crippen molar-refractivity contribution in [3.05, 3.63) is 59.7 Å². The standard InChI is InChI=1S/C29H38N6O3/c1-21(2)20-38-29(37)34-16-14-33(15-17-34)27(36)19-35-24-11-5-4-10-23(24)31-26(35)18-32(3)25-12-6-8-22-9-7-13-30-28(22)25/h4-5,7,9-11,13,21,25H,6,8,12,14-20H2,1-3H3. The van der Waals surface area contributed by atoms with Crippen LogP contribution in [0.5, 0.6) is 0 Å². The number of para-hydroxylation sites is 2. The van der Waals surface area contributed by atoms with E-state index in [1.165, 1.54) is 5.56 Å². The van der Waals surface area contributed by atoms with E-state index in [1.807, 2.05) is 55.3 Å². The first-order valence-electron chi connectivity index (χ1n) is 13.7. The van der Waals surface area contributed by atoms with Crippen LogP contribution in [0.2, 0.25) is 0 Å². The molecule has 0 saturated carbocycles. The van der Waals surface area contributed by atoms with Gasteiger partial charge in [0, 0.05) is 32.4 Å². The summed E-state index contributed by atoms with van der Waals surface area (Å²) in [4.78, 5) is 41.2. The minimum atomic E-state index is -0.296. The van der Waals surface area contributed by atoms with Gasteiger partial charge in [0.05, 0.1) is 35.9 Å². The van der Waals surface area contributed by atoms with Gasteiger partial charge in [-0.25, -0.2) is 9.78 Å². The Labute approximate surface area is 224 Å². The van der Waals surface area contributed by atoms with Crippen LogP contribution in [0.25, 0.3) is 11.0 Å². The number of amides is 2. The van der Waals surface area contributed by atoms with Gasteiger partial charge in [-0.1, -0.05) is 32.0 Å². The zero-order chi connectivity index (χ0) is 26.6. The number of benzene rings is 1. The summed E-state index contributed by atoms with van der Waals surface area (Å²) in [5.74, 6) is 1.21. The van der Waals surface area contributed by atoms with Crippen LogP contribution < -0.4 is 0 Å². The zero-order valence-corrected chi connectivity index (χ0v) is 22.7. The van der Waals surface area contributed by atoms with Crippen molar-refractivity contribution in [3.63, 3.8) is 0 Å². The summed E-state index contributed by atoms with van der Waals surface area (Å²) in [5.41, 5.74) is 4.34. The predicted octanol–water partition coefficient (Wildman–Crippen LogP) is 3.88. The molecule has 2 aromatic heterocycles. The van der Waals surface area contributed by atoms with Gasteiger partial charge in [0.2, 0.25) is 5.91 Å². The number of carbonyl (C=O) groups is 2. The molecule has 0 N–H and O–H groups in total. The number of hydrogen-bond donors (Lipinski definition) is 0. The van der Waals surface area contributed by atoms with Gasteiger partial charge in [-0.05, 0) is 56.0 Å². The van der Waals surface area contributed by atoms with Crippen molar-refractivity contribution in [2.75, 3.05) is 39.8 Å². The molecule has 1 aliphatic heterocycles. The zero-order valence-electron chi connectivity index (χ0n) is 22.7. The minimum Gasteiger partial charge on any atom is -0.449 e. The predicted molar refractivity (Wildman–Crippen MR) is 145 cm³/mol. The monoisotopic (exact) mass is 518 g/mol. The van der Waals surface area contributed by atoms with Crippen molar-refractivity contribution in [2.24, 2.45) is 5.92 Å². The lowest BCUT2D eigenvalue weighted by molar-refractivity contribution is -0.133. The summed E-state index contributed by atoms with van der Waals surface area (Å²) in [6.45, 7) is 7.25. The van der Waals surface area contributed by atoms with E-state index in [1.54, 1.807) is 4.90 Å². The molecular formula is C29H38N6O3. The molecule has 1 aliphatic carbocycles. The maximum absolute atomic E-state index is 13.4. The molecule has 9 heteroatoms. The molecule has 202 valence electrons. The molecule has 2 amide bonds. The Morgan fingerprint density at radius 3 is 2.63 bits per heavy atom. The Morgan fingerprint density at radius 2 is 1.84 bits per heavy atom. The van der Waals surface area contributed by atoms with Crippen LogP contribution in [0.4, 0.5) is 4.79 Å². The molecule has 0 bridgehead atoms. The minimum absolute atomic E-state index is 0.0388. The fourth-order valence-electron chi connectivity index (χ4n) is 5.47. The van der Waals surface area contributed by atoms with Gasteiger partial charge in [-0.15, -0.1) is 0 Å². The molecule has 0 spiro atoms. The summed E-state index contributed by atoms with van der Waals surface area (Å²) < 4.78 is 7.41. The van der Waals surface area contributed by atoms with E-state index in [0.717, 1.165) is 41.8 Å². The van der Waals surface area contributed by atoms with Crippen molar-refractivity contribution in [1.29, 1.82) is 0 Å². The molecule has 5 rings (SSSR count). The van der Waals surface area contributed by atoms with Gasteiger partial charge in [-0.3, -0.25) is 14.7 Å². The molecule has 1 atom stereocenters. The van der Waals surface area contributed by atoms with Crippen molar-refractivity contribution < 1.29 is 14.3 Å². The van der Waals surface area contributed by atoms with Gasteiger partial charge in [0.1, 0.15) is 12.4 Å². The average Bonchev–Trinajstić information content (AvgIpc) is 3.27. The first-order valence-corrected chi connectivity index (χ1v) is 13.7. The lowest BCUT2D eigenvalue weighted by atomic mass is 9.91. The topological polar surface area (TPSA) is 83.8 Å². The number of hydrogen-bond acceptors (Lipinski definition) is 6. The molecule has 1 aromatic carbocycles. The van der Waals surface area contributed by atoms with Crippen molar-refractivity contribution in [1.82, 2.24) is 29.2 Å². The molecule has 3 aromatic rings. The number of aromatic nitrogens is 3. The number of pyridine rings is 1. The Balaban J connectivity index is 1.28. The molecule has 2 aliphatic rings. The molecule has 38 heavy (non-hydrogen) atoms. The van der Waals surface area contributed by atoms with Gasteiger partial charge in [-0.2, -0.15) is 0 Å². The van der Waals surface area contributed by atoms with E-state index in [-0.39, 0.29) is 24.6 Å². The normalized spacial score (nSPS) is 17.8. The third-order valence-corrected chi connectivity index (χ3v) is 7.55. The van der Waals surface area contributed by atoms with Gasteiger partial charge < -0.3 is 19.1 Å². The highest BCUT2D eigenvalue weighted by Gasteiger charge is 2.28. The fourth-order valence-corrected chi connectivity index (χ4v) is 5.47. The number of aryl methyl sites for hydroxylation is 1. The SMILES string of the molecule is CC(C)COC(=O)N1CCN(C(=O)Cn2c(CN(C)C3CCCc4cccnc43)nc3ccccc32)CC1. The van der Waals surface area contributed by atoms with E-state index in [4.69, 9.17) is 14.7 Å². The number of nitrogens with zero attached hydrogens (tertiary/aromatic N) is 6. The number of piperazine rings is 1. The molecule has 3 heterocycles. The number of fused-ring (bicyclic) bond motifs is 2. The summed E-state index contributed by atoms with van der Waals surface area (Å²) >= 11 is 0. The smallest absolute Gasteiger partial charge is 0.409 e. The Bertz CT molecular complexity index is 1280. The lowest BCUT2D eigenvalue weighted by Gasteiger charge is -2.34. The van der Waals surface area contributed by atoms with Crippen LogP contribution in [0.15, 0.2) is 42.6 Å². The second kappa shape index (κ2) is 11.5. The number of imidazole rings is 1. The molecule has 1 saturated heterocycles. The van der Waals surface area contributed by atoms with Crippen molar-refractivity contribution >= 4 is 23.0 Å². The maximum Gasteiger partial charge on any atom is 0.409 e. The van der Waals surface area contributed by atoms with Crippen LogP contribution in [0.3, 0.4) is 0 Å². The quantitative estimate of drug-likeness (QED) is 0.472. The summed E-state index contributed by atoms with van der Waals surface area (Å²) in [5, 5.41) is 0. The largest absolute Gasteiger partial charge is 0.449 e.